The molecule has 164 valence electrons. The van der Waals surface area contributed by atoms with Crippen molar-refractivity contribution in [3.05, 3.63) is 73.1 Å². The Bertz CT molecular complexity index is 1310. The number of ether oxygens (including phenoxy) is 1. The molecule has 1 amide bonds. The third-order valence-electron chi connectivity index (χ3n) is 4.48. The number of aromatic nitrogens is 1. The zero-order valence-corrected chi connectivity index (χ0v) is 20.9. The van der Waals surface area contributed by atoms with Crippen LogP contribution < -0.4 is 10.1 Å². The Morgan fingerprint density at radius 3 is 2.22 bits per heavy atom. The fourth-order valence-electron chi connectivity index (χ4n) is 2.90. The third kappa shape index (κ3) is 4.79. The first kappa shape index (κ1) is 23.4. The molecule has 0 saturated carbocycles. The largest absolute Gasteiger partial charge is 0.481 e. The highest BCUT2D eigenvalue weighted by Gasteiger charge is 2.21. The van der Waals surface area contributed by atoms with Gasteiger partial charge in [0.2, 0.25) is 0 Å². The lowest BCUT2D eigenvalue weighted by Gasteiger charge is -2.13. The van der Waals surface area contributed by atoms with E-state index < -0.39 is 5.91 Å². The van der Waals surface area contributed by atoms with Crippen molar-refractivity contribution in [2.24, 2.45) is 0 Å². The summed E-state index contributed by atoms with van der Waals surface area (Å²) in [6.45, 7) is 1.70. The molecular formula is C22H13Cl5N2O2S. The van der Waals surface area contributed by atoms with Gasteiger partial charge in [0.25, 0.3) is 5.91 Å². The maximum Gasteiger partial charge on any atom is 0.262 e. The summed E-state index contributed by atoms with van der Waals surface area (Å²) in [6.07, 6.45) is 0. The first-order chi connectivity index (χ1) is 15.2. The highest BCUT2D eigenvalue weighted by molar-refractivity contribution is 7.21. The molecule has 0 aliphatic heterocycles. The standard InChI is InChI=1S/C22H13Cl5N2O2S/c1-10-2-7-13-14(8-10)32-22(29-13)11-3-5-12(6-4-11)28-15(30)9-31-21-19(26)17(24)16(23)18(25)20(21)27/h2-8H,9H2,1H3,(H,28,30). The molecule has 0 aliphatic carbocycles. The van der Waals surface area contributed by atoms with Crippen molar-refractivity contribution < 1.29 is 9.53 Å². The van der Waals surface area contributed by atoms with Gasteiger partial charge in [0.1, 0.15) is 15.1 Å². The van der Waals surface area contributed by atoms with Gasteiger partial charge in [-0.1, -0.05) is 64.1 Å². The van der Waals surface area contributed by atoms with Crippen molar-refractivity contribution in [1.29, 1.82) is 0 Å². The Morgan fingerprint density at radius 2 is 1.56 bits per heavy atom. The number of halogens is 5. The van der Waals surface area contributed by atoms with E-state index in [2.05, 4.69) is 23.3 Å². The molecule has 1 aromatic heterocycles. The molecule has 1 N–H and O–H groups in total. The topological polar surface area (TPSA) is 51.2 Å². The number of hydrogen-bond acceptors (Lipinski definition) is 4. The lowest BCUT2D eigenvalue weighted by Crippen LogP contribution is -2.20. The molecule has 4 rings (SSSR count). The second-order valence-electron chi connectivity index (χ2n) is 6.80. The summed E-state index contributed by atoms with van der Waals surface area (Å²) in [5.41, 5.74) is 3.72. The normalized spacial score (nSPS) is 11.1. The van der Waals surface area contributed by atoms with Crippen LogP contribution in [0, 0.1) is 6.92 Å². The molecular weight excluding hydrogens is 534 g/mol. The molecule has 4 aromatic rings. The molecule has 32 heavy (non-hydrogen) atoms. The summed E-state index contributed by atoms with van der Waals surface area (Å²) >= 11 is 31.8. The van der Waals surface area contributed by atoms with Crippen molar-refractivity contribution in [1.82, 2.24) is 4.98 Å². The van der Waals surface area contributed by atoms with Gasteiger partial charge < -0.3 is 10.1 Å². The fourth-order valence-corrected chi connectivity index (χ4v) is 5.20. The fraction of sp³-hybridized carbons (Fsp3) is 0.0909. The van der Waals surface area contributed by atoms with Gasteiger partial charge >= 0.3 is 0 Å². The van der Waals surface area contributed by atoms with Crippen LogP contribution in [0.1, 0.15) is 5.56 Å². The molecule has 0 atom stereocenters. The molecule has 0 radical (unpaired) electrons. The van der Waals surface area contributed by atoms with Crippen molar-refractivity contribution >= 4 is 91.2 Å². The zero-order valence-electron chi connectivity index (χ0n) is 16.3. The minimum Gasteiger partial charge on any atom is -0.481 e. The predicted octanol–water partition coefficient (Wildman–Crippen LogP) is 8.56. The number of anilines is 1. The van der Waals surface area contributed by atoms with Crippen molar-refractivity contribution in [2.45, 2.75) is 6.92 Å². The number of amides is 1. The summed E-state index contributed by atoms with van der Waals surface area (Å²) in [5, 5.41) is 3.63. The Balaban J connectivity index is 1.43. The van der Waals surface area contributed by atoms with Crippen LogP contribution in [0.15, 0.2) is 42.5 Å². The van der Waals surface area contributed by atoms with Gasteiger partial charge in [-0.3, -0.25) is 4.79 Å². The van der Waals surface area contributed by atoms with E-state index in [0.29, 0.717) is 5.69 Å². The summed E-state index contributed by atoms with van der Waals surface area (Å²) in [5.74, 6) is -0.424. The SMILES string of the molecule is Cc1ccc2nc(-c3ccc(NC(=O)COc4c(Cl)c(Cl)c(Cl)c(Cl)c4Cl)cc3)sc2c1. The average Bonchev–Trinajstić information content (AvgIpc) is 3.20. The van der Waals surface area contributed by atoms with E-state index in [0.717, 1.165) is 20.8 Å². The van der Waals surface area contributed by atoms with Crippen LogP contribution in [0.25, 0.3) is 20.8 Å². The monoisotopic (exact) mass is 544 g/mol. The number of nitrogens with zero attached hydrogens (tertiary/aromatic N) is 1. The first-order valence-electron chi connectivity index (χ1n) is 9.16. The Morgan fingerprint density at radius 1 is 0.938 bits per heavy atom. The van der Waals surface area contributed by atoms with Crippen molar-refractivity contribution in [3.8, 4) is 16.3 Å². The van der Waals surface area contributed by atoms with E-state index in [1.807, 2.05) is 24.3 Å². The van der Waals surface area contributed by atoms with Gasteiger partial charge in [0.05, 0.1) is 25.3 Å². The lowest BCUT2D eigenvalue weighted by atomic mass is 10.2. The number of thiazole rings is 1. The molecule has 10 heteroatoms. The van der Waals surface area contributed by atoms with E-state index in [1.54, 1.807) is 23.5 Å². The van der Waals surface area contributed by atoms with Crippen LogP contribution in [0.4, 0.5) is 5.69 Å². The van der Waals surface area contributed by atoms with E-state index in [4.69, 9.17) is 62.7 Å². The molecule has 0 aliphatic rings. The maximum atomic E-state index is 12.3. The Labute approximate surface area is 213 Å². The number of benzene rings is 3. The van der Waals surface area contributed by atoms with Gasteiger partial charge in [-0.05, 0) is 48.9 Å². The quantitative estimate of drug-likeness (QED) is 0.202. The van der Waals surface area contributed by atoms with Crippen LogP contribution in [-0.4, -0.2) is 17.5 Å². The molecule has 0 saturated heterocycles. The smallest absolute Gasteiger partial charge is 0.262 e. The highest BCUT2D eigenvalue weighted by atomic mass is 35.5. The predicted molar refractivity (Wildman–Crippen MR) is 135 cm³/mol. The van der Waals surface area contributed by atoms with Crippen LogP contribution in [0.3, 0.4) is 0 Å². The van der Waals surface area contributed by atoms with Crippen molar-refractivity contribution in [2.75, 3.05) is 11.9 Å². The van der Waals surface area contributed by atoms with E-state index in [9.17, 15) is 4.79 Å². The number of fused-ring (bicyclic) bond motifs is 1. The van der Waals surface area contributed by atoms with E-state index in [1.165, 1.54) is 5.56 Å². The number of rotatable bonds is 5. The van der Waals surface area contributed by atoms with E-state index >= 15 is 0 Å². The maximum absolute atomic E-state index is 12.3. The number of nitrogens with one attached hydrogen (secondary N) is 1. The van der Waals surface area contributed by atoms with Gasteiger partial charge in [-0.2, -0.15) is 0 Å². The van der Waals surface area contributed by atoms with Crippen LogP contribution in [0.2, 0.25) is 25.1 Å². The molecule has 0 spiro atoms. The van der Waals surface area contributed by atoms with Crippen LogP contribution >= 0.6 is 69.3 Å². The van der Waals surface area contributed by atoms with Gasteiger partial charge in [-0.15, -0.1) is 11.3 Å². The molecule has 0 fully saturated rings. The Hall–Kier alpha value is -1.73. The summed E-state index contributed by atoms with van der Waals surface area (Å²) in [6, 6.07) is 13.5. The molecule has 1 heterocycles. The number of carbonyl (C=O) groups excluding carboxylic acids is 1. The van der Waals surface area contributed by atoms with Gasteiger partial charge in [0.15, 0.2) is 12.4 Å². The first-order valence-corrected chi connectivity index (χ1v) is 11.9. The third-order valence-corrected chi connectivity index (χ3v) is 7.79. The molecule has 3 aromatic carbocycles. The average molecular weight is 547 g/mol. The number of carbonyl (C=O) groups is 1. The van der Waals surface area contributed by atoms with Gasteiger partial charge in [0, 0.05) is 11.3 Å². The van der Waals surface area contributed by atoms with Crippen molar-refractivity contribution in [3.63, 3.8) is 0 Å². The second-order valence-corrected chi connectivity index (χ2v) is 9.72. The summed E-state index contributed by atoms with van der Waals surface area (Å²) in [4.78, 5) is 17.0. The number of aryl methyl sites for hydroxylation is 1. The minimum atomic E-state index is -0.414. The lowest BCUT2D eigenvalue weighted by molar-refractivity contribution is -0.118. The van der Waals surface area contributed by atoms with Crippen LogP contribution in [-0.2, 0) is 4.79 Å². The second kappa shape index (κ2) is 9.64. The summed E-state index contributed by atoms with van der Waals surface area (Å²) in [7, 11) is 0. The zero-order chi connectivity index (χ0) is 23.0. The number of hydrogen-bond donors (Lipinski definition) is 1. The van der Waals surface area contributed by atoms with Gasteiger partial charge in [-0.25, -0.2) is 4.98 Å². The molecule has 4 nitrogen and oxygen atoms in total. The Kier molecular flexibility index (Phi) is 7.06. The molecule has 0 bridgehead atoms. The van der Waals surface area contributed by atoms with E-state index in [-0.39, 0.29) is 37.5 Å². The highest BCUT2D eigenvalue weighted by Crippen LogP contribution is 2.48. The molecule has 0 unspecified atom stereocenters. The summed E-state index contributed by atoms with van der Waals surface area (Å²) < 4.78 is 6.58. The van der Waals surface area contributed by atoms with Crippen LogP contribution in [0.5, 0.6) is 5.75 Å². The minimum absolute atomic E-state index is 0.00117.